The zero-order chi connectivity index (χ0) is 16.3. The molecule has 0 unspecified atom stereocenters. The third-order valence-electron chi connectivity index (χ3n) is 3.33. The largest absolute Gasteiger partial charge is 0.450 e. The van der Waals surface area contributed by atoms with E-state index in [-0.39, 0.29) is 38.5 Å². The lowest BCUT2D eigenvalue weighted by Crippen LogP contribution is -2.49. The predicted octanol–water partition coefficient (Wildman–Crippen LogP) is 2.15. The zero-order valence-electron chi connectivity index (χ0n) is 11.9. The molecule has 0 saturated carbocycles. The van der Waals surface area contributed by atoms with Gasteiger partial charge in [-0.05, 0) is 6.92 Å². The first-order valence-corrected chi connectivity index (χ1v) is 6.74. The summed E-state index contributed by atoms with van der Waals surface area (Å²) in [6, 6.07) is 1.38. The van der Waals surface area contributed by atoms with Gasteiger partial charge in [0.15, 0.2) is 11.6 Å². The van der Waals surface area contributed by atoms with Crippen LogP contribution in [0.25, 0.3) is 0 Å². The Kier molecular flexibility index (Phi) is 4.74. The maximum Gasteiger partial charge on any atom is 0.409 e. The summed E-state index contributed by atoms with van der Waals surface area (Å²) in [4.78, 5) is 24.1. The first-order valence-electron chi connectivity index (χ1n) is 6.74. The highest BCUT2D eigenvalue weighted by Gasteiger charge is 2.27. The summed E-state index contributed by atoms with van der Waals surface area (Å²) in [7, 11) is 0. The number of non-ortho nitro benzene ring substituents is 1. The standard InChI is InChI=1S/C13H15F2N3O4/c1-2-22-13(19)17-5-3-16(4-6-17)12-10(14)7-9(18(20)21)8-11(12)15/h7-8H,2-6H2,1H3. The molecule has 1 amide bonds. The van der Waals surface area contributed by atoms with Gasteiger partial charge in [0, 0.05) is 26.2 Å². The minimum absolute atomic E-state index is 0.213. The number of amides is 1. The van der Waals surface area contributed by atoms with E-state index in [1.54, 1.807) is 6.92 Å². The van der Waals surface area contributed by atoms with Crippen LogP contribution in [0.5, 0.6) is 0 Å². The highest BCUT2D eigenvalue weighted by molar-refractivity contribution is 5.68. The number of hydrogen-bond donors (Lipinski definition) is 0. The number of nitro groups is 1. The number of hydrogen-bond acceptors (Lipinski definition) is 5. The number of ether oxygens (including phenoxy) is 1. The van der Waals surface area contributed by atoms with Crippen LogP contribution in [0.1, 0.15) is 6.92 Å². The Labute approximate surface area is 125 Å². The van der Waals surface area contributed by atoms with E-state index in [9.17, 15) is 23.7 Å². The summed E-state index contributed by atoms with van der Waals surface area (Å²) in [5.74, 6) is -1.98. The van der Waals surface area contributed by atoms with Crippen molar-refractivity contribution in [3.63, 3.8) is 0 Å². The fourth-order valence-electron chi connectivity index (χ4n) is 2.29. The van der Waals surface area contributed by atoms with Crippen molar-refractivity contribution in [2.24, 2.45) is 0 Å². The second-order valence-electron chi connectivity index (χ2n) is 4.69. The van der Waals surface area contributed by atoms with Crippen molar-refractivity contribution in [1.82, 2.24) is 4.90 Å². The van der Waals surface area contributed by atoms with E-state index in [2.05, 4.69) is 0 Å². The molecule has 9 heteroatoms. The lowest BCUT2D eigenvalue weighted by atomic mass is 10.2. The van der Waals surface area contributed by atoms with Crippen LogP contribution in [0.15, 0.2) is 12.1 Å². The van der Waals surface area contributed by atoms with Crippen molar-refractivity contribution in [3.8, 4) is 0 Å². The molecule has 22 heavy (non-hydrogen) atoms. The smallest absolute Gasteiger partial charge is 0.409 e. The number of nitro benzene ring substituents is 1. The third kappa shape index (κ3) is 3.23. The molecule has 1 fully saturated rings. The molecule has 1 heterocycles. The Morgan fingerprint density at radius 3 is 2.27 bits per heavy atom. The van der Waals surface area contributed by atoms with Gasteiger partial charge in [0.1, 0.15) is 5.69 Å². The Bertz CT molecular complexity index is 566. The molecule has 1 aromatic carbocycles. The van der Waals surface area contributed by atoms with E-state index in [0.717, 1.165) is 0 Å². The number of piperazine rings is 1. The molecular formula is C13H15F2N3O4. The van der Waals surface area contributed by atoms with E-state index in [0.29, 0.717) is 12.1 Å². The number of rotatable bonds is 3. The lowest BCUT2D eigenvalue weighted by molar-refractivity contribution is -0.385. The van der Waals surface area contributed by atoms with Gasteiger partial charge >= 0.3 is 6.09 Å². The van der Waals surface area contributed by atoms with Gasteiger partial charge in [0.25, 0.3) is 5.69 Å². The van der Waals surface area contributed by atoms with Crippen molar-refractivity contribution in [3.05, 3.63) is 33.9 Å². The van der Waals surface area contributed by atoms with Crippen LogP contribution in [0.2, 0.25) is 0 Å². The first kappa shape index (κ1) is 15.9. The van der Waals surface area contributed by atoms with Gasteiger partial charge in [-0.2, -0.15) is 0 Å². The van der Waals surface area contributed by atoms with Crippen LogP contribution < -0.4 is 4.90 Å². The molecule has 0 bridgehead atoms. The van der Waals surface area contributed by atoms with Gasteiger partial charge in [-0.3, -0.25) is 10.1 Å². The van der Waals surface area contributed by atoms with Crippen molar-refractivity contribution in [2.45, 2.75) is 6.92 Å². The number of anilines is 1. The maximum absolute atomic E-state index is 13.9. The zero-order valence-corrected chi connectivity index (χ0v) is 11.9. The van der Waals surface area contributed by atoms with Gasteiger partial charge in [-0.1, -0.05) is 0 Å². The first-order chi connectivity index (χ1) is 10.4. The molecule has 1 aromatic rings. The average Bonchev–Trinajstić information content (AvgIpc) is 2.47. The molecule has 0 spiro atoms. The van der Waals surface area contributed by atoms with E-state index in [4.69, 9.17) is 4.74 Å². The number of benzene rings is 1. The van der Waals surface area contributed by atoms with Gasteiger partial charge in [-0.25, -0.2) is 13.6 Å². The Morgan fingerprint density at radius 2 is 1.82 bits per heavy atom. The van der Waals surface area contributed by atoms with Gasteiger partial charge < -0.3 is 14.5 Å². The predicted molar refractivity (Wildman–Crippen MR) is 73.8 cm³/mol. The summed E-state index contributed by atoms with van der Waals surface area (Å²) in [6.07, 6.45) is -0.466. The fraction of sp³-hybridized carbons (Fsp3) is 0.462. The minimum Gasteiger partial charge on any atom is -0.450 e. The van der Waals surface area contributed by atoms with Crippen LogP contribution in [-0.2, 0) is 4.74 Å². The Balaban J connectivity index is 2.12. The highest BCUT2D eigenvalue weighted by Crippen LogP contribution is 2.28. The lowest BCUT2D eigenvalue weighted by Gasteiger charge is -2.35. The SMILES string of the molecule is CCOC(=O)N1CCN(c2c(F)cc([N+](=O)[O-])cc2F)CC1. The molecule has 120 valence electrons. The number of carbonyl (C=O) groups excluding carboxylic acids is 1. The molecule has 0 aliphatic carbocycles. The van der Waals surface area contributed by atoms with E-state index < -0.39 is 28.3 Å². The molecule has 0 N–H and O–H groups in total. The van der Waals surface area contributed by atoms with E-state index in [1.807, 2.05) is 0 Å². The normalized spacial score (nSPS) is 14.9. The topological polar surface area (TPSA) is 75.9 Å². The highest BCUT2D eigenvalue weighted by atomic mass is 19.1. The summed E-state index contributed by atoms with van der Waals surface area (Å²) >= 11 is 0. The van der Waals surface area contributed by atoms with Crippen LogP contribution in [0, 0.1) is 21.7 Å². The average molecular weight is 315 g/mol. The molecule has 1 aliphatic heterocycles. The second kappa shape index (κ2) is 6.54. The van der Waals surface area contributed by atoms with E-state index >= 15 is 0 Å². The van der Waals surface area contributed by atoms with Crippen molar-refractivity contribution in [1.29, 1.82) is 0 Å². The van der Waals surface area contributed by atoms with Crippen LogP contribution in [-0.4, -0.2) is 48.7 Å². The number of nitrogens with zero attached hydrogens (tertiary/aromatic N) is 3. The quantitative estimate of drug-likeness (QED) is 0.631. The third-order valence-corrected chi connectivity index (χ3v) is 3.33. The van der Waals surface area contributed by atoms with Crippen molar-refractivity contribution in [2.75, 3.05) is 37.7 Å². The monoisotopic (exact) mass is 315 g/mol. The molecule has 0 radical (unpaired) electrons. The Hall–Kier alpha value is -2.45. The minimum atomic E-state index is -0.990. The van der Waals surface area contributed by atoms with Crippen molar-refractivity contribution >= 4 is 17.5 Å². The van der Waals surface area contributed by atoms with E-state index in [1.165, 1.54) is 9.80 Å². The summed E-state index contributed by atoms with van der Waals surface area (Å²) in [5.41, 5.74) is -0.946. The molecule has 1 saturated heterocycles. The van der Waals surface area contributed by atoms with Crippen LogP contribution >= 0.6 is 0 Å². The summed E-state index contributed by atoms with van der Waals surface area (Å²) in [6.45, 7) is 2.89. The Morgan fingerprint density at radius 1 is 1.27 bits per heavy atom. The molecule has 2 rings (SSSR count). The summed E-state index contributed by atoms with van der Waals surface area (Å²) < 4.78 is 32.7. The number of carbonyl (C=O) groups is 1. The maximum atomic E-state index is 13.9. The van der Waals surface area contributed by atoms with Gasteiger partial charge in [0.2, 0.25) is 0 Å². The van der Waals surface area contributed by atoms with Crippen LogP contribution in [0.3, 0.4) is 0 Å². The summed E-state index contributed by atoms with van der Waals surface area (Å²) in [5, 5.41) is 10.6. The second-order valence-corrected chi connectivity index (χ2v) is 4.69. The van der Waals surface area contributed by atoms with Crippen molar-refractivity contribution < 1.29 is 23.2 Å². The van der Waals surface area contributed by atoms with Gasteiger partial charge in [0.05, 0.1) is 23.7 Å². The molecule has 0 aromatic heterocycles. The molecule has 1 aliphatic rings. The molecule has 7 nitrogen and oxygen atoms in total. The number of halogens is 2. The van der Waals surface area contributed by atoms with Gasteiger partial charge in [-0.15, -0.1) is 0 Å². The molecule has 0 atom stereocenters. The molecular weight excluding hydrogens is 300 g/mol. The fourth-order valence-corrected chi connectivity index (χ4v) is 2.29. The van der Waals surface area contributed by atoms with Crippen LogP contribution in [0.4, 0.5) is 25.0 Å².